The van der Waals surface area contributed by atoms with E-state index in [0.717, 1.165) is 38.0 Å². The highest BCUT2D eigenvalue weighted by Gasteiger charge is 2.40. The van der Waals surface area contributed by atoms with Crippen LogP contribution in [0.25, 0.3) is 0 Å². The molecule has 162 valence electrons. The SMILES string of the molecule is O=C(CC1c2ncccc2C(=O)N1c1ccccc1)N1CCC(Cc2ccccc2)CC1. The maximum Gasteiger partial charge on any atom is 0.260 e. The van der Waals surface area contributed by atoms with E-state index in [4.69, 9.17) is 0 Å². The molecular weight excluding hydrogens is 398 g/mol. The van der Waals surface area contributed by atoms with Gasteiger partial charge in [-0.05, 0) is 55.0 Å². The molecule has 1 aromatic heterocycles. The molecule has 1 saturated heterocycles. The normalized spacial score (nSPS) is 18.6. The number of rotatable bonds is 5. The third kappa shape index (κ3) is 4.03. The lowest BCUT2D eigenvalue weighted by molar-refractivity contribution is -0.133. The highest BCUT2D eigenvalue weighted by Crippen LogP contribution is 2.38. The summed E-state index contributed by atoms with van der Waals surface area (Å²) < 4.78 is 0. The Balaban J connectivity index is 1.28. The lowest BCUT2D eigenvalue weighted by atomic mass is 9.90. The van der Waals surface area contributed by atoms with Crippen molar-refractivity contribution in [1.82, 2.24) is 9.88 Å². The number of benzene rings is 2. The third-order valence-corrected chi connectivity index (χ3v) is 6.65. The minimum Gasteiger partial charge on any atom is -0.343 e. The Hall–Kier alpha value is -3.47. The highest BCUT2D eigenvalue weighted by molar-refractivity contribution is 6.11. The Morgan fingerprint density at radius 3 is 2.31 bits per heavy atom. The summed E-state index contributed by atoms with van der Waals surface area (Å²) in [5.41, 5.74) is 3.46. The van der Waals surface area contributed by atoms with Gasteiger partial charge in [-0.3, -0.25) is 19.5 Å². The molecule has 1 atom stereocenters. The van der Waals surface area contributed by atoms with Crippen LogP contribution >= 0.6 is 0 Å². The molecular formula is C27H27N3O2. The van der Waals surface area contributed by atoms with E-state index in [1.807, 2.05) is 41.3 Å². The van der Waals surface area contributed by atoms with Gasteiger partial charge in [0, 0.05) is 25.0 Å². The summed E-state index contributed by atoms with van der Waals surface area (Å²) in [7, 11) is 0. The molecule has 5 rings (SSSR count). The molecule has 0 spiro atoms. The van der Waals surface area contributed by atoms with Gasteiger partial charge in [-0.1, -0.05) is 48.5 Å². The van der Waals surface area contributed by atoms with Gasteiger partial charge in [-0.2, -0.15) is 0 Å². The zero-order chi connectivity index (χ0) is 21.9. The predicted octanol–water partition coefficient (Wildman–Crippen LogP) is 4.65. The quantitative estimate of drug-likeness (QED) is 0.598. The summed E-state index contributed by atoms with van der Waals surface area (Å²) in [6.45, 7) is 1.55. The summed E-state index contributed by atoms with van der Waals surface area (Å²) in [5, 5.41) is 0. The predicted molar refractivity (Wildman–Crippen MR) is 124 cm³/mol. The van der Waals surface area contributed by atoms with Gasteiger partial charge < -0.3 is 4.90 Å². The summed E-state index contributed by atoms with van der Waals surface area (Å²) >= 11 is 0. The molecule has 0 radical (unpaired) electrons. The molecule has 2 amide bonds. The lowest BCUT2D eigenvalue weighted by Crippen LogP contribution is -2.41. The van der Waals surface area contributed by atoms with E-state index < -0.39 is 0 Å². The average Bonchev–Trinajstić information content (AvgIpc) is 3.12. The summed E-state index contributed by atoms with van der Waals surface area (Å²) in [6.07, 6.45) is 5.06. The van der Waals surface area contributed by atoms with Crippen molar-refractivity contribution < 1.29 is 9.59 Å². The van der Waals surface area contributed by atoms with Crippen LogP contribution < -0.4 is 4.90 Å². The van der Waals surface area contributed by atoms with Crippen molar-refractivity contribution >= 4 is 17.5 Å². The molecule has 0 bridgehead atoms. The van der Waals surface area contributed by atoms with Gasteiger partial charge >= 0.3 is 0 Å². The van der Waals surface area contributed by atoms with Crippen LogP contribution in [0.3, 0.4) is 0 Å². The molecule has 0 saturated carbocycles. The molecule has 2 aromatic carbocycles. The number of aromatic nitrogens is 1. The molecule has 5 heteroatoms. The number of nitrogens with zero attached hydrogens (tertiary/aromatic N) is 3. The molecule has 2 aliphatic rings. The fourth-order valence-corrected chi connectivity index (χ4v) is 4.96. The van der Waals surface area contributed by atoms with Crippen molar-refractivity contribution in [1.29, 1.82) is 0 Å². The minimum absolute atomic E-state index is 0.0846. The monoisotopic (exact) mass is 425 g/mol. The van der Waals surface area contributed by atoms with Gasteiger partial charge in [0.15, 0.2) is 0 Å². The van der Waals surface area contributed by atoms with Crippen molar-refractivity contribution in [3.63, 3.8) is 0 Å². The fraction of sp³-hybridized carbons (Fsp3) is 0.296. The summed E-state index contributed by atoms with van der Waals surface area (Å²) in [6, 6.07) is 23.4. The zero-order valence-corrected chi connectivity index (χ0v) is 18.1. The molecule has 1 fully saturated rings. The van der Waals surface area contributed by atoms with Gasteiger partial charge in [-0.15, -0.1) is 0 Å². The van der Waals surface area contributed by atoms with E-state index in [1.165, 1.54) is 5.56 Å². The first-order valence-corrected chi connectivity index (χ1v) is 11.4. The third-order valence-electron chi connectivity index (χ3n) is 6.65. The Bertz CT molecular complexity index is 1090. The van der Waals surface area contributed by atoms with Crippen LogP contribution in [-0.2, 0) is 11.2 Å². The second-order valence-corrected chi connectivity index (χ2v) is 8.68. The molecule has 32 heavy (non-hydrogen) atoms. The maximum absolute atomic E-state index is 13.3. The Morgan fingerprint density at radius 1 is 0.906 bits per heavy atom. The first-order chi connectivity index (χ1) is 15.7. The van der Waals surface area contributed by atoms with Crippen LogP contribution in [0.2, 0.25) is 0 Å². The minimum atomic E-state index is -0.365. The Morgan fingerprint density at radius 2 is 1.59 bits per heavy atom. The second-order valence-electron chi connectivity index (χ2n) is 8.68. The van der Waals surface area contributed by atoms with E-state index in [9.17, 15) is 9.59 Å². The number of pyridine rings is 1. The number of amides is 2. The maximum atomic E-state index is 13.3. The standard InChI is InChI=1S/C27H27N3O2/c31-25(29-16-13-21(14-17-29)18-20-8-3-1-4-9-20)19-24-26-23(12-7-15-28-26)27(32)30(24)22-10-5-2-6-11-22/h1-12,15,21,24H,13-14,16-19H2. The van der Waals surface area contributed by atoms with Crippen molar-refractivity contribution in [2.24, 2.45) is 5.92 Å². The smallest absolute Gasteiger partial charge is 0.260 e. The number of anilines is 1. The van der Waals surface area contributed by atoms with Gasteiger partial charge in [0.1, 0.15) is 0 Å². The van der Waals surface area contributed by atoms with E-state index in [2.05, 4.69) is 29.2 Å². The average molecular weight is 426 g/mol. The molecule has 0 aliphatic carbocycles. The number of carbonyl (C=O) groups is 2. The second kappa shape index (κ2) is 8.95. The first-order valence-electron chi connectivity index (χ1n) is 11.4. The van der Waals surface area contributed by atoms with E-state index in [0.29, 0.717) is 17.2 Å². The zero-order valence-electron chi connectivity index (χ0n) is 18.1. The van der Waals surface area contributed by atoms with E-state index in [1.54, 1.807) is 23.2 Å². The molecule has 3 aromatic rings. The topological polar surface area (TPSA) is 53.5 Å². The molecule has 0 N–H and O–H groups in total. The fourth-order valence-electron chi connectivity index (χ4n) is 4.96. The number of piperidine rings is 1. The largest absolute Gasteiger partial charge is 0.343 e. The van der Waals surface area contributed by atoms with Crippen molar-refractivity contribution in [3.8, 4) is 0 Å². The Labute approximate surface area is 188 Å². The molecule has 1 unspecified atom stereocenters. The van der Waals surface area contributed by atoms with Crippen molar-refractivity contribution in [2.45, 2.75) is 31.7 Å². The van der Waals surface area contributed by atoms with Crippen LogP contribution in [0.15, 0.2) is 79.0 Å². The van der Waals surface area contributed by atoms with Gasteiger partial charge in [0.05, 0.1) is 23.7 Å². The number of carbonyl (C=O) groups excluding carboxylic acids is 2. The number of likely N-dealkylation sites (tertiary alicyclic amines) is 1. The van der Waals surface area contributed by atoms with Gasteiger partial charge in [0.25, 0.3) is 5.91 Å². The lowest BCUT2D eigenvalue weighted by Gasteiger charge is -2.33. The number of hydrogen-bond acceptors (Lipinski definition) is 3. The molecule has 5 nitrogen and oxygen atoms in total. The van der Waals surface area contributed by atoms with Crippen LogP contribution in [0, 0.1) is 5.92 Å². The molecule has 3 heterocycles. The number of fused-ring (bicyclic) bond motifs is 1. The van der Waals surface area contributed by atoms with Crippen LogP contribution in [0.1, 0.15) is 46.9 Å². The van der Waals surface area contributed by atoms with Gasteiger partial charge in [0.2, 0.25) is 5.91 Å². The van der Waals surface area contributed by atoms with Crippen molar-refractivity contribution in [3.05, 3.63) is 95.8 Å². The van der Waals surface area contributed by atoms with Crippen molar-refractivity contribution in [2.75, 3.05) is 18.0 Å². The summed E-state index contributed by atoms with van der Waals surface area (Å²) in [5.74, 6) is 0.622. The number of hydrogen-bond donors (Lipinski definition) is 0. The van der Waals surface area contributed by atoms with Crippen LogP contribution in [0.4, 0.5) is 5.69 Å². The van der Waals surface area contributed by atoms with E-state index in [-0.39, 0.29) is 24.3 Å². The van der Waals surface area contributed by atoms with Gasteiger partial charge in [-0.25, -0.2) is 0 Å². The van der Waals surface area contributed by atoms with E-state index >= 15 is 0 Å². The summed E-state index contributed by atoms with van der Waals surface area (Å²) in [4.78, 5) is 34.6. The van der Waals surface area contributed by atoms with Crippen LogP contribution in [-0.4, -0.2) is 34.8 Å². The number of para-hydroxylation sites is 1. The Kier molecular flexibility index (Phi) is 5.71. The first kappa shape index (κ1) is 20.4. The van der Waals surface area contributed by atoms with Crippen LogP contribution in [0.5, 0.6) is 0 Å². The molecule has 2 aliphatic heterocycles. The highest BCUT2D eigenvalue weighted by atomic mass is 16.2.